The number of Topliss-reactive ketones (excluding diaryl/α,β-unsaturated/α-hetero) is 3. The summed E-state index contributed by atoms with van der Waals surface area (Å²) in [6.07, 6.45) is 3.66. The average molecular weight is 518 g/mol. The van der Waals surface area contributed by atoms with E-state index in [2.05, 4.69) is 0 Å². The van der Waals surface area contributed by atoms with Gasteiger partial charge >= 0.3 is 0 Å². The summed E-state index contributed by atoms with van der Waals surface area (Å²) >= 11 is 0. The first-order valence-corrected chi connectivity index (χ1v) is 12.7. The first-order chi connectivity index (χ1) is 18.9. The van der Waals surface area contributed by atoms with Crippen molar-refractivity contribution in [3.8, 4) is 0 Å². The highest BCUT2D eigenvalue weighted by Gasteiger charge is 2.71. The lowest BCUT2D eigenvalue weighted by atomic mass is 9.64. The highest BCUT2D eigenvalue weighted by atomic mass is 19.1. The molecule has 0 aromatic heterocycles. The van der Waals surface area contributed by atoms with Gasteiger partial charge in [0.2, 0.25) is 0 Å². The van der Waals surface area contributed by atoms with Crippen LogP contribution in [0.5, 0.6) is 0 Å². The van der Waals surface area contributed by atoms with E-state index in [-0.39, 0.29) is 17.1 Å². The molecule has 4 aromatic rings. The number of rotatable bonds is 3. The number of fused-ring (bicyclic) bond motifs is 5. The predicted octanol–water partition coefficient (Wildman–Crippen LogP) is 6.28. The largest absolute Gasteiger partial charge is 0.352 e. The first kappa shape index (κ1) is 23.4. The average Bonchev–Trinajstić information content (AvgIpc) is 3.40. The Labute approximate surface area is 223 Å². The van der Waals surface area contributed by atoms with E-state index in [1.807, 2.05) is 30.3 Å². The summed E-state index contributed by atoms with van der Waals surface area (Å²) in [6, 6.07) is 23.4. The molecule has 0 radical (unpaired) electrons. The fourth-order valence-corrected chi connectivity index (χ4v) is 6.78. The van der Waals surface area contributed by atoms with E-state index in [0.29, 0.717) is 22.4 Å². The van der Waals surface area contributed by atoms with Crippen molar-refractivity contribution in [2.75, 3.05) is 4.90 Å². The van der Waals surface area contributed by atoms with Crippen LogP contribution in [-0.2, 0) is 0 Å². The number of carbonyl (C=O) groups is 3. The third-order valence-electron chi connectivity index (χ3n) is 8.35. The minimum absolute atomic E-state index is 0.132. The second kappa shape index (κ2) is 8.40. The minimum atomic E-state index is -1.71. The summed E-state index contributed by atoms with van der Waals surface area (Å²) < 4.78 is 29.2. The summed E-state index contributed by atoms with van der Waals surface area (Å²) in [5.74, 6) is -3.52. The van der Waals surface area contributed by atoms with Crippen molar-refractivity contribution < 1.29 is 23.2 Å². The standard InChI is InChI=1S/C33H21F2NO3/c34-21-16-13-20(14-17-21)28-29(30(37)24-10-4-5-11-25(24)35)36-26-12-6-1-7-19(26)15-18-27(36)33(28)31(38)22-8-2-3-9-23(22)32(33)39/h1-18,27-29H/t27-,28+,29-/m0/s1. The van der Waals surface area contributed by atoms with Crippen molar-refractivity contribution in [1.82, 2.24) is 0 Å². The van der Waals surface area contributed by atoms with Gasteiger partial charge in [0, 0.05) is 22.7 Å². The predicted molar refractivity (Wildman–Crippen MR) is 143 cm³/mol. The second-order valence-corrected chi connectivity index (χ2v) is 10.2. The lowest BCUT2D eigenvalue weighted by Crippen LogP contribution is -2.48. The second-order valence-electron chi connectivity index (χ2n) is 10.2. The fourth-order valence-electron chi connectivity index (χ4n) is 6.78. The summed E-state index contributed by atoms with van der Waals surface area (Å²) in [6.45, 7) is 0. The van der Waals surface area contributed by atoms with Crippen LogP contribution in [-0.4, -0.2) is 29.4 Å². The number of ketones is 3. The molecular formula is C33H21F2NO3. The normalized spacial score (nSPS) is 22.1. The molecular weight excluding hydrogens is 496 g/mol. The Morgan fingerprint density at radius 3 is 2.05 bits per heavy atom. The van der Waals surface area contributed by atoms with Crippen LogP contribution in [0.1, 0.15) is 48.1 Å². The Bertz CT molecular complexity index is 1690. The Balaban J connectivity index is 1.56. The van der Waals surface area contributed by atoms with Crippen molar-refractivity contribution >= 4 is 29.1 Å². The third kappa shape index (κ3) is 3.05. The zero-order chi connectivity index (χ0) is 26.9. The molecule has 0 bridgehead atoms. The van der Waals surface area contributed by atoms with E-state index < -0.39 is 40.8 Å². The van der Waals surface area contributed by atoms with Crippen LogP contribution >= 0.6 is 0 Å². The number of hydrogen-bond acceptors (Lipinski definition) is 4. The van der Waals surface area contributed by atoms with Gasteiger partial charge in [-0.25, -0.2) is 8.78 Å². The van der Waals surface area contributed by atoms with Gasteiger partial charge in [0.05, 0.1) is 11.6 Å². The molecule has 7 rings (SSSR count). The van der Waals surface area contributed by atoms with E-state index in [1.165, 1.54) is 42.5 Å². The number of carbonyl (C=O) groups excluding carboxylic acids is 3. The van der Waals surface area contributed by atoms with Crippen LogP contribution in [0.2, 0.25) is 0 Å². The molecule has 3 atom stereocenters. The van der Waals surface area contributed by atoms with Crippen molar-refractivity contribution in [3.63, 3.8) is 0 Å². The maximum atomic E-state index is 15.1. The molecule has 6 heteroatoms. The maximum absolute atomic E-state index is 15.1. The molecule has 0 amide bonds. The van der Waals surface area contributed by atoms with Crippen LogP contribution in [0.25, 0.3) is 6.08 Å². The van der Waals surface area contributed by atoms with Gasteiger partial charge in [-0.3, -0.25) is 14.4 Å². The molecule has 1 aliphatic carbocycles. The van der Waals surface area contributed by atoms with Gasteiger partial charge in [0.25, 0.3) is 0 Å². The Kier molecular flexibility index (Phi) is 5.04. The van der Waals surface area contributed by atoms with E-state index in [0.717, 1.165) is 5.56 Å². The lowest BCUT2D eigenvalue weighted by Gasteiger charge is -2.37. The molecule has 1 saturated heterocycles. The molecule has 2 aliphatic heterocycles. The molecule has 190 valence electrons. The monoisotopic (exact) mass is 517 g/mol. The maximum Gasteiger partial charge on any atom is 0.188 e. The quantitative estimate of drug-likeness (QED) is 0.237. The zero-order valence-electron chi connectivity index (χ0n) is 20.6. The van der Waals surface area contributed by atoms with E-state index in [1.54, 1.807) is 41.3 Å². The molecule has 4 nitrogen and oxygen atoms in total. The summed E-state index contributed by atoms with van der Waals surface area (Å²) in [5, 5.41) is 0. The van der Waals surface area contributed by atoms with E-state index >= 15 is 4.39 Å². The summed E-state index contributed by atoms with van der Waals surface area (Å²) in [7, 11) is 0. The van der Waals surface area contributed by atoms with Crippen molar-refractivity contribution in [1.29, 1.82) is 0 Å². The molecule has 1 spiro atoms. The van der Waals surface area contributed by atoms with Gasteiger partial charge in [-0.2, -0.15) is 0 Å². The van der Waals surface area contributed by atoms with Gasteiger partial charge in [0.15, 0.2) is 17.3 Å². The highest BCUT2D eigenvalue weighted by molar-refractivity contribution is 6.32. The van der Waals surface area contributed by atoms with Gasteiger partial charge in [-0.1, -0.05) is 78.9 Å². The van der Waals surface area contributed by atoms with Crippen LogP contribution in [0.15, 0.2) is 103 Å². The zero-order valence-corrected chi connectivity index (χ0v) is 20.6. The highest BCUT2D eigenvalue weighted by Crippen LogP contribution is 2.61. The molecule has 0 N–H and O–H groups in total. The SMILES string of the molecule is O=C(c1ccccc1F)[C@@H]1[C@@H](c2ccc(F)cc2)C2(C(=O)c3ccccc3C2=O)[C@@H]2C=Cc3ccccc3N12. The lowest BCUT2D eigenvalue weighted by molar-refractivity contribution is 0.0666. The fraction of sp³-hybridized carbons (Fsp3) is 0.121. The smallest absolute Gasteiger partial charge is 0.188 e. The molecule has 2 heterocycles. The Hall–Kier alpha value is -4.71. The van der Waals surface area contributed by atoms with Crippen LogP contribution in [0, 0.1) is 17.0 Å². The number of benzene rings is 4. The van der Waals surface area contributed by atoms with Crippen molar-refractivity contribution in [2.45, 2.75) is 18.0 Å². The summed E-state index contributed by atoms with van der Waals surface area (Å²) in [4.78, 5) is 45.2. The molecule has 0 unspecified atom stereocenters. The molecule has 0 saturated carbocycles. The molecule has 1 fully saturated rings. The van der Waals surface area contributed by atoms with E-state index in [9.17, 15) is 18.8 Å². The topological polar surface area (TPSA) is 54.5 Å². The molecule has 4 aromatic carbocycles. The van der Waals surface area contributed by atoms with Crippen LogP contribution in [0.3, 0.4) is 0 Å². The Morgan fingerprint density at radius 2 is 1.36 bits per heavy atom. The Morgan fingerprint density at radius 1 is 0.744 bits per heavy atom. The first-order valence-electron chi connectivity index (χ1n) is 12.7. The van der Waals surface area contributed by atoms with Crippen LogP contribution in [0.4, 0.5) is 14.5 Å². The van der Waals surface area contributed by atoms with Crippen molar-refractivity contribution in [2.24, 2.45) is 5.41 Å². The van der Waals surface area contributed by atoms with Gasteiger partial charge in [0.1, 0.15) is 23.1 Å². The number of halogens is 2. The van der Waals surface area contributed by atoms with Gasteiger partial charge in [-0.15, -0.1) is 0 Å². The van der Waals surface area contributed by atoms with Gasteiger partial charge in [-0.05, 0) is 41.5 Å². The summed E-state index contributed by atoms with van der Waals surface area (Å²) in [5.41, 5.74) is 0.679. The van der Waals surface area contributed by atoms with E-state index in [4.69, 9.17) is 0 Å². The van der Waals surface area contributed by atoms with Gasteiger partial charge < -0.3 is 4.90 Å². The number of anilines is 1. The number of para-hydroxylation sites is 1. The third-order valence-corrected chi connectivity index (χ3v) is 8.35. The van der Waals surface area contributed by atoms with Crippen LogP contribution < -0.4 is 4.90 Å². The number of hydrogen-bond donors (Lipinski definition) is 0. The molecule has 39 heavy (non-hydrogen) atoms. The minimum Gasteiger partial charge on any atom is -0.352 e. The van der Waals surface area contributed by atoms with Crippen molar-refractivity contribution in [3.05, 3.63) is 143 Å². The molecule has 3 aliphatic rings. The number of nitrogens with zero attached hydrogens (tertiary/aromatic N) is 1.